The van der Waals surface area contributed by atoms with E-state index < -0.39 is 10.1 Å². The van der Waals surface area contributed by atoms with E-state index >= 15 is 0 Å². The van der Waals surface area contributed by atoms with Crippen molar-refractivity contribution in [2.75, 3.05) is 0 Å². The first-order valence-electron chi connectivity index (χ1n) is 7.03. The minimum Gasteiger partial charge on any atom is -0.344 e. The number of rotatable bonds is 6. The lowest BCUT2D eigenvalue weighted by Gasteiger charge is -2.23. The Hall–Kier alpha value is -0.830. The van der Waals surface area contributed by atoms with Crippen LogP contribution in [-0.2, 0) is 22.7 Å². The highest BCUT2D eigenvalue weighted by atomic mass is 32.2. The Morgan fingerprint density at radius 1 is 0.955 bits per heavy atom. The van der Waals surface area contributed by atoms with Crippen molar-refractivity contribution in [2.45, 2.75) is 36.2 Å². The van der Waals surface area contributed by atoms with Crippen LogP contribution in [0.5, 0.6) is 0 Å². The van der Waals surface area contributed by atoms with Crippen molar-refractivity contribution in [1.82, 2.24) is 4.98 Å². The molecule has 4 N–H and O–H groups in total. The van der Waals surface area contributed by atoms with E-state index in [0.29, 0.717) is 26.1 Å². The Balaban J connectivity index is 1.53. The molecule has 0 saturated carbocycles. The van der Waals surface area contributed by atoms with Crippen LogP contribution in [0.2, 0.25) is 0 Å². The molecule has 0 fully saturated rings. The first kappa shape index (κ1) is 16.0. The minimum atomic E-state index is -0.665. The molecule has 3 rings (SSSR count). The van der Waals surface area contributed by atoms with Crippen LogP contribution in [0.4, 0.5) is 0 Å². The molecule has 0 radical (unpaired) electrons. The normalized spacial score (nSPS) is 30.3. The van der Waals surface area contributed by atoms with E-state index in [2.05, 4.69) is 4.98 Å². The number of hydrogen-bond acceptors (Lipinski definition) is 7. The Morgan fingerprint density at radius 3 is 1.86 bits per heavy atom. The van der Waals surface area contributed by atoms with Gasteiger partial charge in [0.1, 0.15) is 0 Å². The molecule has 0 saturated heterocycles. The van der Waals surface area contributed by atoms with Crippen molar-refractivity contribution in [3.05, 3.63) is 52.6 Å². The average molecular weight is 337 g/mol. The maximum absolute atomic E-state index is 6.10. The number of hydrogen-bond donors (Lipinski definition) is 2. The predicted octanol–water partition coefficient (Wildman–Crippen LogP) is 2.64. The molecule has 118 valence electrons. The number of pyridine rings is 1. The molecule has 2 unspecified atom stereocenters. The van der Waals surface area contributed by atoms with E-state index in [1.807, 2.05) is 41.2 Å². The van der Waals surface area contributed by atoms with Gasteiger partial charge in [0.05, 0.1) is 24.6 Å². The van der Waals surface area contributed by atoms with E-state index in [-0.39, 0.29) is 0 Å². The van der Waals surface area contributed by atoms with Gasteiger partial charge in [-0.05, 0) is 22.9 Å². The fraction of sp³-hybridized carbons (Fsp3) is 0.400. The summed E-state index contributed by atoms with van der Waals surface area (Å²) in [5.41, 5.74) is 13.9. The number of ether oxygens (including phenoxy) is 2. The Kier molecular flexibility index (Phi) is 4.91. The number of nitrogens with two attached hydrogens (primary N) is 2. The molecule has 2 aliphatic rings. The van der Waals surface area contributed by atoms with Gasteiger partial charge < -0.3 is 9.47 Å². The van der Waals surface area contributed by atoms with Crippen LogP contribution in [0.25, 0.3) is 0 Å². The Morgan fingerprint density at radius 2 is 1.45 bits per heavy atom. The van der Waals surface area contributed by atoms with Crippen molar-refractivity contribution in [3.8, 4) is 0 Å². The number of thioether (sulfide) groups is 2. The molecule has 2 atom stereocenters. The smallest absolute Gasteiger partial charge is 0.172 e. The van der Waals surface area contributed by atoms with Gasteiger partial charge in [-0.1, -0.05) is 41.7 Å². The monoisotopic (exact) mass is 337 g/mol. The molecule has 0 spiro atoms. The van der Waals surface area contributed by atoms with Crippen LogP contribution in [0.15, 0.2) is 41.2 Å². The van der Waals surface area contributed by atoms with Gasteiger partial charge in [-0.3, -0.25) is 16.5 Å². The molecule has 3 heterocycles. The third-order valence-electron chi connectivity index (χ3n) is 3.33. The van der Waals surface area contributed by atoms with E-state index in [4.69, 9.17) is 20.9 Å². The van der Waals surface area contributed by atoms with Gasteiger partial charge in [-0.2, -0.15) is 0 Å². The molecule has 2 aliphatic heterocycles. The lowest BCUT2D eigenvalue weighted by Crippen LogP contribution is -2.36. The lowest BCUT2D eigenvalue weighted by atomic mass is 10.3. The largest absolute Gasteiger partial charge is 0.344 e. The molecule has 22 heavy (non-hydrogen) atoms. The fourth-order valence-corrected chi connectivity index (χ4v) is 3.60. The number of aromatic nitrogens is 1. The van der Waals surface area contributed by atoms with Crippen molar-refractivity contribution in [3.63, 3.8) is 0 Å². The van der Waals surface area contributed by atoms with E-state index in [9.17, 15) is 0 Å². The van der Waals surface area contributed by atoms with Gasteiger partial charge in [0.15, 0.2) is 10.1 Å². The standard InChI is InChI=1S/C15H19N3O2S2/c16-14(6-2-8-21-14)19-10-12-4-1-5-13(18-12)11-20-15(17)7-3-9-22-15/h1-5,8-9H,6-7,10-11,16-17H2. The third-order valence-corrected chi connectivity index (χ3v) is 5.35. The molecule has 0 bridgehead atoms. The Bertz CT molecular complexity index is 529. The van der Waals surface area contributed by atoms with Gasteiger partial charge in [0.2, 0.25) is 0 Å². The highest BCUT2D eigenvalue weighted by Gasteiger charge is 2.29. The molecule has 7 heteroatoms. The fourth-order valence-electron chi connectivity index (χ4n) is 2.12. The average Bonchev–Trinajstić information content (AvgIpc) is 3.14. The van der Waals surface area contributed by atoms with Crippen molar-refractivity contribution in [1.29, 1.82) is 0 Å². The predicted molar refractivity (Wildman–Crippen MR) is 90.3 cm³/mol. The van der Waals surface area contributed by atoms with Crippen LogP contribution in [0.1, 0.15) is 24.2 Å². The zero-order valence-electron chi connectivity index (χ0n) is 12.1. The molecule has 1 aromatic heterocycles. The second-order valence-corrected chi connectivity index (χ2v) is 7.61. The molecule has 5 nitrogen and oxygen atoms in total. The number of nitrogens with zero attached hydrogens (tertiary/aromatic N) is 1. The van der Waals surface area contributed by atoms with Gasteiger partial charge >= 0.3 is 0 Å². The molecular formula is C15H19N3O2S2. The summed E-state index contributed by atoms with van der Waals surface area (Å²) in [5, 5.41) is 2.60. The van der Waals surface area contributed by atoms with Gasteiger partial charge in [-0.25, -0.2) is 0 Å². The summed E-state index contributed by atoms with van der Waals surface area (Å²) < 4.78 is 11.5. The van der Waals surface area contributed by atoms with Crippen LogP contribution in [0, 0.1) is 0 Å². The van der Waals surface area contributed by atoms with Crippen LogP contribution in [-0.4, -0.2) is 15.1 Å². The van der Waals surface area contributed by atoms with Crippen LogP contribution >= 0.6 is 23.5 Å². The zero-order valence-corrected chi connectivity index (χ0v) is 13.7. The maximum atomic E-state index is 6.10. The molecule has 0 aliphatic carbocycles. The quantitative estimate of drug-likeness (QED) is 0.772. The summed E-state index contributed by atoms with van der Waals surface area (Å²) in [6.07, 6.45) is 5.44. The van der Waals surface area contributed by atoms with E-state index in [1.165, 1.54) is 23.5 Å². The van der Waals surface area contributed by atoms with Gasteiger partial charge in [-0.15, -0.1) is 0 Å². The summed E-state index contributed by atoms with van der Waals surface area (Å²) in [7, 11) is 0. The summed E-state index contributed by atoms with van der Waals surface area (Å²) in [6, 6.07) is 5.78. The second kappa shape index (κ2) is 6.74. The topological polar surface area (TPSA) is 83.4 Å². The SMILES string of the molecule is NC1(OCc2cccc(COC3(N)CC=CS3)n2)CC=CS1. The molecule has 0 amide bonds. The van der Waals surface area contributed by atoms with Gasteiger partial charge in [0, 0.05) is 12.8 Å². The van der Waals surface area contributed by atoms with E-state index in [0.717, 1.165) is 11.4 Å². The minimum absolute atomic E-state index is 0.378. The van der Waals surface area contributed by atoms with Crippen LogP contribution < -0.4 is 11.5 Å². The maximum Gasteiger partial charge on any atom is 0.172 e. The first-order chi connectivity index (χ1) is 10.6. The van der Waals surface area contributed by atoms with Crippen LogP contribution in [0.3, 0.4) is 0 Å². The highest BCUT2D eigenvalue weighted by molar-refractivity contribution is 8.03. The molecular weight excluding hydrogens is 318 g/mol. The first-order valence-corrected chi connectivity index (χ1v) is 8.79. The van der Waals surface area contributed by atoms with E-state index in [1.54, 1.807) is 0 Å². The highest BCUT2D eigenvalue weighted by Crippen LogP contribution is 2.34. The van der Waals surface area contributed by atoms with Crippen molar-refractivity contribution < 1.29 is 9.47 Å². The summed E-state index contributed by atoms with van der Waals surface area (Å²) in [4.78, 5) is 4.54. The third kappa shape index (κ3) is 4.13. The Labute approximate surface area is 138 Å². The molecule has 1 aromatic rings. The van der Waals surface area contributed by atoms with Crippen molar-refractivity contribution >= 4 is 23.5 Å². The van der Waals surface area contributed by atoms with Gasteiger partial charge in [0.25, 0.3) is 0 Å². The zero-order chi connectivity index (χ0) is 15.5. The summed E-state index contributed by atoms with van der Waals surface area (Å²) in [6.45, 7) is 0.756. The summed E-state index contributed by atoms with van der Waals surface area (Å²) in [5.74, 6) is 0. The second-order valence-electron chi connectivity index (χ2n) is 5.21. The molecule has 0 aromatic carbocycles. The summed E-state index contributed by atoms with van der Waals surface area (Å²) >= 11 is 2.98. The van der Waals surface area contributed by atoms with Crippen molar-refractivity contribution in [2.24, 2.45) is 11.5 Å². The lowest BCUT2D eigenvalue weighted by molar-refractivity contribution is 0.0157.